The third-order valence-corrected chi connectivity index (χ3v) is 6.84. The van der Waals surface area contributed by atoms with Gasteiger partial charge in [-0.3, -0.25) is 0 Å². The van der Waals surface area contributed by atoms with Crippen LogP contribution in [0.3, 0.4) is 0 Å². The van der Waals surface area contributed by atoms with Gasteiger partial charge in [0.1, 0.15) is 0 Å². The van der Waals surface area contributed by atoms with Crippen LogP contribution < -0.4 is 0 Å². The van der Waals surface area contributed by atoms with E-state index >= 15 is 0 Å². The lowest BCUT2D eigenvalue weighted by Gasteiger charge is -2.18. The molecule has 22 heavy (non-hydrogen) atoms. The lowest BCUT2D eigenvalue weighted by molar-refractivity contribution is 0.120. The summed E-state index contributed by atoms with van der Waals surface area (Å²) >= 11 is 0. The molecule has 2 aromatic rings. The molecule has 0 saturated carbocycles. The first kappa shape index (κ1) is 16.6. The third kappa shape index (κ3) is 3.05. The van der Waals surface area contributed by atoms with Gasteiger partial charge in [-0.2, -0.15) is 0 Å². The fraction of sp³-hybridized carbons (Fsp3) is 0.143. The van der Waals surface area contributed by atoms with Crippen LogP contribution in [0, 0.1) is 0 Å². The van der Waals surface area contributed by atoms with E-state index in [1.54, 1.807) is 12.1 Å². The van der Waals surface area contributed by atoms with Gasteiger partial charge in [-0.15, -0.1) is 0 Å². The fourth-order valence-corrected chi connectivity index (χ4v) is 4.93. The van der Waals surface area contributed by atoms with Crippen molar-refractivity contribution in [3.05, 3.63) is 60.7 Å². The first-order chi connectivity index (χ1) is 10.3. The van der Waals surface area contributed by atoms with E-state index in [-0.39, 0.29) is 9.79 Å². The highest BCUT2D eigenvalue weighted by molar-refractivity contribution is 7.95. The number of aliphatic hydroxyl groups excluding tert-OH is 2. The van der Waals surface area contributed by atoms with Crippen molar-refractivity contribution in [2.45, 2.75) is 20.7 Å². The molecule has 0 aliphatic rings. The largest absolute Gasteiger partial charge is 0.374 e. The summed E-state index contributed by atoms with van der Waals surface area (Å²) in [5.74, 6) is 0. The van der Waals surface area contributed by atoms with Gasteiger partial charge in [0.15, 0.2) is 0 Å². The van der Waals surface area contributed by atoms with Crippen LogP contribution in [-0.2, 0) is 19.7 Å². The average molecular weight is 342 g/mol. The average Bonchev–Trinajstić information content (AvgIpc) is 2.55. The Bertz CT molecular complexity index is 756. The molecule has 2 unspecified atom stereocenters. The zero-order chi connectivity index (χ0) is 16.4. The molecule has 0 radical (unpaired) electrons. The zero-order valence-corrected chi connectivity index (χ0v) is 12.9. The maximum absolute atomic E-state index is 12.2. The highest BCUT2D eigenvalue weighted by Crippen LogP contribution is 2.23. The monoisotopic (exact) mass is 342 g/mol. The van der Waals surface area contributed by atoms with Gasteiger partial charge >= 0.3 is 0 Å². The third-order valence-electron chi connectivity index (χ3n) is 3.02. The molecule has 2 aromatic carbocycles. The number of hydrogen-bond donors (Lipinski definition) is 2. The Kier molecular flexibility index (Phi) is 4.66. The number of hydrogen-bond acceptors (Lipinski definition) is 6. The second-order valence-electron chi connectivity index (χ2n) is 4.50. The van der Waals surface area contributed by atoms with E-state index in [4.69, 9.17) is 0 Å². The van der Waals surface area contributed by atoms with Crippen molar-refractivity contribution in [3.8, 4) is 0 Å². The summed E-state index contributed by atoms with van der Waals surface area (Å²) < 4.78 is 48.7. The van der Waals surface area contributed by atoms with E-state index in [1.807, 2.05) is 0 Å². The molecular formula is C14H14O6S2. The predicted molar refractivity (Wildman–Crippen MR) is 79.3 cm³/mol. The molecular weight excluding hydrogens is 328 g/mol. The topological polar surface area (TPSA) is 109 Å². The molecule has 2 atom stereocenters. The van der Waals surface area contributed by atoms with Crippen LogP contribution in [0.2, 0.25) is 0 Å². The summed E-state index contributed by atoms with van der Waals surface area (Å²) in [6, 6.07) is 13.7. The standard InChI is InChI=1S/C14H14O6S2/c15-13(21(17,18)11-7-3-1-4-8-11)14(16)22(19,20)12-9-5-2-6-10-12/h1-10,13-16H. The van der Waals surface area contributed by atoms with Crippen LogP contribution in [0.15, 0.2) is 70.5 Å². The molecule has 0 fully saturated rings. The Morgan fingerprint density at radius 1 is 0.591 bits per heavy atom. The van der Waals surface area contributed by atoms with Crippen LogP contribution >= 0.6 is 0 Å². The second kappa shape index (κ2) is 6.17. The Labute approximate surface area is 128 Å². The number of sulfone groups is 2. The van der Waals surface area contributed by atoms with Crippen LogP contribution in [-0.4, -0.2) is 37.9 Å². The molecule has 0 spiro atoms. The summed E-state index contributed by atoms with van der Waals surface area (Å²) in [4.78, 5) is -0.547. The molecule has 2 rings (SSSR count). The van der Waals surface area contributed by atoms with E-state index in [1.165, 1.54) is 48.5 Å². The van der Waals surface area contributed by atoms with Crippen LogP contribution in [0.1, 0.15) is 0 Å². The molecule has 0 aliphatic carbocycles. The maximum atomic E-state index is 12.2. The summed E-state index contributed by atoms with van der Waals surface area (Å²) in [6.07, 6.45) is 0. The highest BCUT2D eigenvalue weighted by Gasteiger charge is 2.40. The fourth-order valence-electron chi connectivity index (χ4n) is 1.81. The second-order valence-corrected chi connectivity index (χ2v) is 8.59. The molecule has 0 saturated heterocycles. The van der Waals surface area contributed by atoms with Gasteiger partial charge in [-0.25, -0.2) is 16.8 Å². The van der Waals surface area contributed by atoms with Crippen molar-refractivity contribution in [1.29, 1.82) is 0 Å². The Morgan fingerprint density at radius 3 is 1.14 bits per heavy atom. The van der Waals surface area contributed by atoms with E-state index in [2.05, 4.69) is 0 Å². The molecule has 0 amide bonds. The predicted octanol–water partition coefficient (Wildman–Crippen LogP) is 0.571. The minimum absolute atomic E-state index is 0.273. The normalized spacial score (nSPS) is 15.2. The smallest absolute Gasteiger partial charge is 0.208 e. The van der Waals surface area contributed by atoms with Crippen LogP contribution in [0.25, 0.3) is 0 Å². The Morgan fingerprint density at radius 2 is 0.864 bits per heavy atom. The maximum Gasteiger partial charge on any atom is 0.208 e. The lowest BCUT2D eigenvalue weighted by atomic mass is 10.4. The number of aliphatic hydroxyl groups is 2. The van der Waals surface area contributed by atoms with Gasteiger partial charge in [-0.05, 0) is 24.3 Å². The molecule has 0 aromatic heterocycles. The van der Waals surface area contributed by atoms with Crippen molar-refractivity contribution < 1.29 is 27.0 Å². The van der Waals surface area contributed by atoms with Crippen LogP contribution in [0.4, 0.5) is 0 Å². The molecule has 6 nitrogen and oxygen atoms in total. The number of benzene rings is 2. The first-order valence-corrected chi connectivity index (χ1v) is 9.31. The van der Waals surface area contributed by atoms with Crippen LogP contribution in [0.5, 0.6) is 0 Å². The summed E-state index contributed by atoms with van der Waals surface area (Å²) in [5.41, 5.74) is -4.97. The zero-order valence-electron chi connectivity index (χ0n) is 11.3. The van der Waals surface area contributed by atoms with E-state index in [9.17, 15) is 27.0 Å². The lowest BCUT2D eigenvalue weighted by Crippen LogP contribution is -2.39. The Hall–Kier alpha value is -1.74. The van der Waals surface area contributed by atoms with Gasteiger partial charge < -0.3 is 10.2 Å². The van der Waals surface area contributed by atoms with Crippen molar-refractivity contribution in [2.75, 3.05) is 0 Å². The summed E-state index contributed by atoms with van der Waals surface area (Å²) in [5, 5.41) is 19.8. The molecule has 0 heterocycles. The summed E-state index contributed by atoms with van der Waals surface area (Å²) in [6.45, 7) is 0. The van der Waals surface area contributed by atoms with E-state index in [0.29, 0.717) is 0 Å². The van der Waals surface area contributed by atoms with Crippen molar-refractivity contribution in [1.82, 2.24) is 0 Å². The SMILES string of the molecule is O=S(=O)(c1ccccc1)C(O)C(O)S(=O)(=O)c1ccccc1. The minimum Gasteiger partial charge on any atom is -0.374 e. The van der Waals surface area contributed by atoms with Gasteiger partial charge in [0, 0.05) is 0 Å². The molecule has 0 bridgehead atoms. The van der Waals surface area contributed by atoms with Crippen molar-refractivity contribution >= 4 is 19.7 Å². The minimum atomic E-state index is -4.40. The number of rotatable bonds is 5. The van der Waals surface area contributed by atoms with Gasteiger partial charge in [0.2, 0.25) is 30.5 Å². The van der Waals surface area contributed by atoms with Crippen molar-refractivity contribution in [3.63, 3.8) is 0 Å². The molecule has 8 heteroatoms. The van der Waals surface area contributed by atoms with E-state index in [0.717, 1.165) is 0 Å². The van der Waals surface area contributed by atoms with E-state index < -0.39 is 30.5 Å². The Balaban J connectivity index is 2.40. The van der Waals surface area contributed by atoms with Gasteiger partial charge in [0.25, 0.3) is 0 Å². The quantitative estimate of drug-likeness (QED) is 0.822. The van der Waals surface area contributed by atoms with Gasteiger partial charge in [0.05, 0.1) is 9.79 Å². The van der Waals surface area contributed by atoms with Crippen molar-refractivity contribution in [2.24, 2.45) is 0 Å². The highest BCUT2D eigenvalue weighted by atomic mass is 32.2. The first-order valence-electron chi connectivity index (χ1n) is 6.22. The summed E-state index contributed by atoms with van der Waals surface area (Å²) in [7, 11) is -8.81. The van der Waals surface area contributed by atoms with Gasteiger partial charge in [-0.1, -0.05) is 36.4 Å². The molecule has 118 valence electrons. The molecule has 0 aliphatic heterocycles. The molecule has 2 N–H and O–H groups in total.